The molecule has 0 radical (unpaired) electrons. The van der Waals surface area contributed by atoms with Crippen LogP contribution in [0.1, 0.15) is 233 Å². The van der Waals surface area contributed by atoms with E-state index in [9.17, 15) is 43.2 Å². The van der Waals surface area contributed by atoms with E-state index in [0.717, 1.165) is 141 Å². The quantitative estimate of drug-likeness (QED) is 0.0169. The summed E-state index contributed by atoms with van der Waals surface area (Å²) < 4.78 is 68.2. The number of carbonyl (C=O) groups excluding carboxylic acids is 4. The first-order valence-electron chi connectivity index (χ1n) is 38.6. The maximum Gasteiger partial charge on any atom is 0.472 e. The molecule has 0 bridgehead atoms. The number of ether oxygens (including phenoxy) is 4. The SMILES string of the molecule is CC/C=C\C/C=C\C/C=C\C/C=C\C/C=C\C/C=C\CCC(=O)OCC(COP(=O)(O)OCC(O)COP(=O)(O)OCC(COC(=O)CCCCCC/C=C\C/C=C\C/C=C\C/C=C\CC)OC(=O)CCCC/C=C\C/C=C\C/C=C\C/C=C\CC)OC(=O)C/C=C\C/C=C\C/C=C\C/C=C\C/C=C\CC. The Morgan fingerprint density at radius 2 is 0.519 bits per heavy atom. The molecular formula is C87H132O17P2. The summed E-state index contributed by atoms with van der Waals surface area (Å²) in [7, 11) is -10.1. The van der Waals surface area contributed by atoms with Gasteiger partial charge < -0.3 is 33.8 Å². The Morgan fingerprint density at radius 1 is 0.274 bits per heavy atom. The van der Waals surface area contributed by atoms with Crippen molar-refractivity contribution in [3.05, 3.63) is 231 Å². The van der Waals surface area contributed by atoms with Crippen molar-refractivity contribution in [2.24, 2.45) is 0 Å². The second-order valence-electron chi connectivity index (χ2n) is 24.4. The number of allylic oxidation sites excluding steroid dienone is 37. The van der Waals surface area contributed by atoms with Gasteiger partial charge in [0.1, 0.15) is 19.3 Å². The minimum atomic E-state index is -5.04. The molecule has 0 saturated heterocycles. The molecule has 0 amide bonds. The predicted octanol–water partition coefficient (Wildman–Crippen LogP) is 22.7. The van der Waals surface area contributed by atoms with Gasteiger partial charge in [-0.05, 0) is 167 Å². The molecule has 5 atom stereocenters. The smallest absolute Gasteiger partial charge is 0.462 e. The van der Waals surface area contributed by atoms with Crippen molar-refractivity contribution in [2.45, 2.75) is 251 Å². The average molecular weight is 1510 g/mol. The van der Waals surface area contributed by atoms with Crippen LogP contribution >= 0.6 is 15.6 Å². The maximum absolute atomic E-state index is 13.1. The van der Waals surface area contributed by atoms with Crippen molar-refractivity contribution >= 4 is 39.5 Å². The van der Waals surface area contributed by atoms with Gasteiger partial charge in [0.15, 0.2) is 12.2 Å². The molecule has 592 valence electrons. The number of esters is 4. The second-order valence-corrected chi connectivity index (χ2v) is 27.3. The minimum absolute atomic E-state index is 0.00473. The van der Waals surface area contributed by atoms with Crippen molar-refractivity contribution in [1.29, 1.82) is 0 Å². The summed E-state index contributed by atoms with van der Waals surface area (Å²) in [5.41, 5.74) is 0. The zero-order valence-electron chi connectivity index (χ0n) is 64.5. The molecule has 0 aliphatic carbocycles. The predicted molar refractivity (Wildman–Crippen MR) is 435 cm³/mol. The van der Waals surface area contributed by atoms with Crippen molar-refractivity contribution in [3.63, 3.8) is 0 Å². The first-order chi connectivity index (χ1) is 51.7. The molecule has 0 heterocycles. The number of carbonyl (C=O) groups is 4. The molecule has 0 aliphatic rings. The molecule has 0 aromatic heterocycles. The van der Waals surface area contributed by atoms with Gasteiger partial charge in [-0.25, -0.2) is 9.13 Å². The minimum Gasteiger partial charge on any atom is -0.462 e. The monoisotopic (exact) mass is 1510 g/mol. The first-order valence-corrected chi connectivity index (χ1v) is 41.6. The van der Waals surface area contributed by atoms with Gasteiger partial charge in [-0.2, -0.15) is 0 Å². The number of phosphoric ester groups is 2. The Balaban J connectivity index is 5.58. The van der Waals surface area contributed by atoms with Crippen LogP contribution in [-0.2, 0) is 65.4 Å². The normalized spacial score (nSPS) is 15.1. The van der Waals surface area contributed by atoms with Gasteiger partial charge in [0.2, 0.25) is 0 Å². The van der Waals surface area contributed by atoms with E-state index in [1.807, 2.05) is 36.5 Å². The van der Waals surface area contributed by atoms with Crippen molar-refractivity contribution in [3.8, 4) is 0 Å². The van der Waals surface area contributed by atoms with E-state index in [2.05, 4.69) is 210 Å². The fourth-order valence-corrected chi connectivity index (χ4v) is 10.5. The van der Waals surface area contributed by atoms with Crippen molar-refractivity contribution in [1.82, 2.24) is 0 Å². The summed E-state index contributed by atoms with van der Waals surface area (Å²) in [6.45, 7) is 4.07. The summed E-state index contributed by atoms with van der Waals surface area (Å²) >= 11 is 0. The number of phosphoric acid groups is 2. The van der Waals surface area contributed by atoms with E-state index in [0.29, 0.717) is 38.5 Å². The number of unbranched alkanes of at least 4 members (excludes halogenated alkanes) is 6. The van der Waals surface area contributed by atoms with Gasteiger partial charge >= 0.3 is 39.5 Å². The summed E-state index contributed by atoms with van der Waals surface area (Å²) in [4.78, 5) is 72.9. The Bertz CT molecular complexity index is 2930. The van der Waals surface area contributed by atoms with E-state index < -0.39 is 97.5 Å². The van der Waals surface area contributed by atoms with Crippen LogP contribution in [0, 0.1) is 0 Å². The first kappa shape index (κ1) is 99.1. The molecule has 19 heteroatoms. The molecule has 0 saturated carbocycles. The summed E-state index contributed by atoms with van der Waals surface area (Å²) in [5.74, 6) is -2.53. The fourth-order valence-electron chi connectivity index (χ4n) is 8.95. The molecule has 0 rings (SSSR count). The van der Waals surface area contributed by atoms with Gasteiger partial charge in [-0.1, -0.05) is 271 Å². The number of hydrogen-bond acceptors (Lipinski definition) is 15. The molecule has 0 spiro atoms. The lowest BCUT2D eigenvalue weighted by Gasteiger charge is -2.21. The van der Waals surface area contributed by atoms with Crippen LogP contribution < -0.4 is 0 Å². The highest BCUT2D eigenvalue weighted by atomic mass is 31.2. The Kier molecular flexibility index (Phi) is 71.4. The third-order valence-electron chi connectivity index (χ3n) is 14.7. The summed E-state index contributed by atoms with van der Waals surface area (Å²) in [6.07, 6.45) is 98.1. The molecule has 3 N–H and O–H groups in total. The topological polar surface area (TPSA) is 237 Å². The standard InChI is InChI=1S/C87H132O17P2/c1-5-9-13-17-21-25-29-33-37-39-40-42-46-48-52-56-60-64-68-72-85(90)98-78-83(104-87(92)74-70-66-62-58-54-50-44-36-32-28-24-20-16-12-8-4)80-102-106(95,96)100-76-81(88)75-99-105(93,94)101-79-82(103-86(91)73-69-65-61-57-53-49-43-35-31-27-23-19-15-11-7-3)77-97-84(89)71-67-63-59-55-51-47-45-41-38-34-30-26-22-18-14-10-6-2/h9-16,21-28,33-38,40,42-45,47-48,52-54,57-58,60,64,66,70,81-83,88H,5-8,17-20,29-32,39,41,46,49-51,55-56,59,61-63,65,67-69,71-80H2,1-4H3,(H,93,94)(H,95,96)/b13-9-,14-10-,15-11-,16-12-,25-21-,26-22-,27-23-,28-24-,37-33-,38-34-,42-40-,43-35-,44-36-,47-45-,52-48-,57-53-,58-54-,64-60-,70-66-. The molecule has 0 aromatic carbocycles. The van der Waals surface area contributed by atoms with Crippen LogP contribution in [0.15, 0.2) is 231 Å². The van der Waals surface area contributed by atoms with Gasteiger partial charge in [0.25, 0.3) is 0 Å². The van der Waals surface area contributed by atoms with Crippen LogP contribution in [0.4, 0.5) is 0 Å². The molecule has 5 unspecified atom stereocenters. The molecule has 0 aliphatic heterocycles. The van der Waals surface area contributed by atoms with Crippen LogP contribution in [0.5, 0.6) is 0 Å². The largest absolute Gasteiger partial charge is 0.472 e. The molecule has 106 heavy (non-hydrogen) atoms. The molecule has 0 aromatic rings. The lowest BCUT2D eigenvalue weighted by Crippen LogP contribution is -2.30. The lowest BCUT2D eigenvalue weighted by atomic mass is 10.1. The van der Waals surface area contributed by atoms with Gasteiger partial charge in [0, 0.05) is 19.3 Å². The van der Waals surface area contributed by atoms with Crippen molar-refractivity contribution < 1.29 is 80.2 Å². The van der Waals surface area contributed by atoms with Gasteiger partial charge in [-0.3, -0.25) is 37.3 Å². The lowest BCUT2D eigenvalue weighted by molar-refractivity contribution is -0.161. The van der Waals surface area contributed by atoms with E-state index >= 15 is 0 Å². The Morgan fingerprint density at radius 3 is 0.858 bits per heavy atom. The maximum atomic E-state index is 13.1. The van der Waals surface area contributed by atoms with Crippen LogP contribution in [-0.4, -0.2) is 96.7 Å². The molecule has 17 nitrogen and oxygen atoms in total. The highest BCUT2D eigenvalue weighted by Gasteiger charge is 2.30. The van der Waals surface area contributed by atoms with Gasteiger partial charge in [-0.15, -0.1) is 0 Å². The molecule has 0 fully saturated rings. The van der Waals surface area contributed by atoms with E-state index in [1.54, 1.807) is 12.2 Å². The summed E-state index contributed by atoms with van der Waals surface area (Å²) in [5, 5.41) is 10.6. The second kappa shape index (κ2) is 76.3. The fraction of sp³-hybridized carbons (Fsp3) is 0.517. The Hall–Kier alpha value is -6.88. The number of aliphatic hydroxyl groups is 1. The number of hydrogen-bond donors (Lipinski definition) is 3. The zero-order valence-corrected chi connectivity index (χ0v) is 66.3. The highest BCUT2D eigenvalue weighted by molar-refractivity contribution is 7.47. The number of aliphatic hydroxyl groups excluding tert-OH is 1. The van der Waals surface area contributed by atoms with Crippen LogP contribution in [0.3, 0.4) is 0 Å². The van der Waals surface area contributed by atoms with E-state index in [-0.39, 0.29) is 25.7 Å². The van der Waals surface area contributed by atoms with Crippen molar-refractivity contribution in [2.75, 3.05) is 39.6 Å². The van der Waals surface area contributed by atoms with E-state index in [1.165, 1.54) is 0 Å². The Labute approximate surface area is 638 Å². The number of rotatable bonds is 69. The third-order valence-corrected chi connectivity index (χ3v) is 16.6. The average Bonchev–Trinajstić information content (AvgIpc) is 0.909. The highest BCUT2D eigenvalue weighted by Crippen LogP contribution is 2.45. The van der Waals surface area contributed by atoms with Crippen LogP contribution in [0.2, 0.25) is 0 Å². The van der Waals surface area contributed by atoms with E-state index in [4.69, 9.17) is 37.0 Å². The summed E-state index contributed by atoms with van der Waals surface area (Å²) in [6, 6.07) is 0. The zero-order chi connectivity index (χ0) is 77.4. The van der Waals surface area contributed by atoms with Crippen LogP contribution in [0.25, 0.3) is 0 Å². The third kappa shape index (κ3) is 75.4. The van der Waals surface area contributed by atoms with Gasteiger partial charge in [0.05, 0.1) is 32.8 Å². The molecular weight excluding hydrogens is 1380 g/mol.